The number of amidine groups is 1. The van der Waals surface area contributed by atoms with Crippen LogP contribution in [0.3, 0.4) is 0 Å². The number of halogens is 3. The number of nitrogens with zero attached hydrogens (tertiary/aromatic N) is 1. The van der Waals surface area contributed by atoms with Gasteiger partial charge in [0, 0.05) is 28.5 Å². The van der Waals surface area contributed by atoms with Crippen LogP contribution in [0.25, 0.3) is 0 Å². The van der Waals surface area contributed by atoms with Gasteiger partial charge < -0.3 is 5.32 Å². The molecule has 0 unspecified atom stereocenters. The molecule has 0 spiro atoms. The topological polar surface area (TPSA) is 24.4 Å². The molecule has 2 nitrogen and oxygen atoms in total. The Morgan fingerprint density at radius 3 is 2.47 bits per heavy atom. The molecule has 0 aliphatic carbocycles. The van der Waals surface area contributed by atoms with Crippen molar-refractivity contribution in [3.05, 3.63) is 32.7 Å². The van der Waals surface area contributed by atoms with E-state index in [2.05, 4.69) is 74.2 Å². The van der Waals surface area contributed by atoms with Crippen LogP contribution in [-0.2, 0) is 6.42 Å². The van der Waals surface area contributed by atoms with Crippen LogP contribution in [0.2, 0.25) is 0 Å². The summed E-state index contributed by atoms with van der Waals surface area (Å²) in [5.41, 5.74) is 1.27. The highest BCUT2D eigenvalue weighted by Crippen LogP contribution is 2.24. The second kappa shape index (κ2) is 10.9. The molecule has 0 radical (unpaired) electrons. The van der Waals surface area contributed by atoms with Crippen LogP contribution in [0.4, 0.5) is 0 Å². The molecule has 0 aromatic heterocycles. The highest BCUT2D eigenvalue weighted by Gasteiger charge is 2.03. The number of benzene rings is 1. The van der Waals surface area contributed by atoms with Crippen molar-refractivity contribution in [3.8, 4) is 0 Å². The van der Waals surface area contributed by atoms with Gasteiger partial charge in [-0.15, -0.1) is 17.0 Å². The van der Waals surface area contributed by atoms with Gasteiger partial charge >= 0.3 is 0 Å². The fraction of sp³-hybridized carbons (Fsp3) is 0.500. The molecular formula is C14H21Br3N2. The summed E-state index contributed by atoms with van der Waals surface area (Å²) < 4.78 is 2.17. The lowest BCUT2D eigenvalue weighted by Crippen LogP contribution is -2.26. The average molecular weight is 457 g/mol. The molecule has 0 amide bonds. The van der Waals surface area contributed by atoms with E-state index in [4.69, 9.17) is 0 Å². The van der Waals surface area contributed by atoms with Crippen molar-refractivity contribution < 1.29 is 0 Å². The normalized spacial score (nSPS) is 11.1. The van der Waals surface area contributed by atoms with Crippen LogP contribution in [0, 0.1) is 0 Å². The van der Waals surface area contributed by atoms with E-state index in [-0.39, 0.29) is 17.0 Å². The fourth-order valence-electron chi connectivity index (χ4n) is 1.53. The maximum Gasteiger partial charge on any atom is 0.101 e. The molecule has 1 N–H and O–H groups in total. The molecule has 19 heavy (non-hydrogen) atoms. The smallest absolute Gasteiger partial charge is 0.101 e. The standard InChI is InChI=1S/C14H20Br2N2.BrH/c1-3-7-17-14(18-8-4-2)10-11-5-6-12(15)13(16)9-11;/h5-6,9H,3-4,7-8,10H2,1-2H3,(H,17,18);1H. The Bertz CT molecular complexity index is 406. The third kappa shape index (κ3) is 7.47. The van der Waals surface area contributed by atoms with E-state index in [1.165, 1.54) is 5.56 Å². The highest BCUT2D eigenvalue weighted by molar-refractivity contribution is 9.13. The molecular weight excluding hydrogens is 436 g/mol. The van der Waals surface area contributed by atoms with E-state index in [1.807, 2.05) is 0 Å². The Hall–Kier alpha value is 0.130. The summed E-state index contributed by atoms with van der Waals surface area (Å²) in [4.78, 5) is 4.61. The minimum Gasteiger partial charge on any atom is -0.374 e. The second-order valence-corrected chi connectivity index (χ2v) is 5.89. The molecule has 0 atom stereocenters. The van der Waals surface area contributed by atoms with Crippen molar-refractivity contribution in [2.75, 3.05) is 13.1 Å². The Balaban J connectivity index is 0.00000324. The summed E-state index contributed by atoms with van der Waals surface area (Å²) >= 11 is 7.02. The van der Waals surface area contributed by atoms with Crippen LogP contribution in [0.15, 0.2) is 32.1 Å². The predicted molar refractivity (Wildman–Crippen MR) is 96.8 cm³/mol. The Labute approximate surface area is 143 Å². The summed E-state index contributed by atoms with van der Waals surface area (Å²) in [6, 6.07) is 6.33. The van der Waals surface area contributed by atoms with Crippen LogP contribution in [-0.4, -0.2) is 18.9 Å². The van der Waals surface area contributed by atoms with Gasteiger partial charge in [0.25, 0.3) is 0 Å². The second-order valence-electron chi connectivity index (χ2n) is 4.18. The van der Waals surface area contributed by atoms with Crippen molar-refractivity contribution in [2.24, 2.45) is 4.99 Å². The Morgan fingerprint density at radius 2 is 1.89 bits per heavy atom. The van der Waals surface area contributed by atoms with Crippen LogP contribution < -0.4 is 5.32 Å². The lowest BCUT2D eigenvalue weighted by molar-refractivity contribution is 0.814. The number of rotatable bonds is 6. The quantitative estimate of drug-likeness (QED) is 0.465. The van der Waals surface area contributed by atoms with E-state index >= 15 is 0 Å². The van der Waals surface area contributed by atoms with Crippen LogP contribution >= 0.6 is 48.8 Å². The molecule has 1 aromatic rings. The summed E-state index contributed by atoms with van der Waals surface area (Å²) in [6.07, 6.45) is 3.07. The molecule has 0 bridgehead atoms. The average Bonchev–Trinajstić information content (AvgIpc) is 2.37. The van der Waals surface area contributed by atoms with Gasteiger partial charge in [-0.2, -0.15) is 0 Å². The molecule has 0 aliphatic rings. The zero-order valence-electron chi connectivity index (χ0n) is 11.4. The van der Waals surface area contributed by atoms with Crippen LogP contribution in [0.1, 0.15) is 32.3 Å². The SMILES string of the molecule is Br.CCCN=C(Cc1ccc(Br)c(Br)c1)NCCC. The first kappa shape index (κ1) is 19.1. The molecule has 0 saturated heterocycles. The maximum absolute atomic E-state index is 4.61. The van der Waals surface area contributed by atoms with Gasteiger partial charge in [-0.05, 0) is 62.4 Å². The predicted octanol–water partition coefficient (Wildman–Crippen LogP) is 5.14. The fourth-order valence-corrected chi connectivity index (χ4v) is 2.21. The van der Waals surface area contributed by atoms with E-state index in [9.17, 15) is 0 Å². The van der Waals surface area contributed by atoms with Crippen molar-refractivity contribution in [2.45, 2.75) is 33.1 Å². The highest BCUT2D eigenvalue weighted by atomic mass is 79.9. The first-order valence-electron chi connectivity index (χ1n) is 6.38. The Morgan fingerprint density at radius 1 is 1.16 bits per heavy atom. The summed E-state index contributed by atoms with van der Waals surface area (Å²) in [7, 11) is 0. The zero-order chi connectivity index (χ0) is 13.4. The molecule has 108 valence electrons. The van der Waals surface area contributed by atoms with Gasteiger partial charge in [0.05, 0.1) is 0 Å². The van der Waals surface area contributed by atoms with Crippen molar-refractivity contribution >= 4 is 54.7 Å². The van der Waals surface area contributed by atoms with E-state index in [0.29, 0.717) is 0 Å². The summed E-state index contributed by atoms with van der Waals surface area (Å²) in [5.74, 6) is 1.09. The van der Waals surface area contributed by atoms with Gasteiger partial charge in [-0.1, -0.05) is 19.9 Å². The number of hydrogen-bond acceptors (Lipinski definition) is 1. The Kier molecular flexibility index (Phi) is 10.9. The van der Waals surface area contributed by atoms with Crippen molar-refractivity contribution in [1.29, 1.82) is 0 Å². The summed E-state index contributed by atoms with van der Waals surface area (Å²) in [5, 5.41) is 3.41. The maximum atomic E-state index is 4.61. The molecule has 1 aromatic carbocycles. The summed E-state index contributed by atoms with van der Waals surface area (Å²) in [6.45, 7) is 6.20. The van der Waals surface area contributed by atoms with E-state index in [1.54, 1.807) is 0 Å². The van der Waals surface area contributed by atoms with Crippen molar-refractivity contribution in [3.63, 3.8) is 0 Å². The molecule has 5 heteroatoms. The first-order chi connectivity index (χ1) is 8.67. The lowest BCUT2D eigenvalue weighted by atomic mass is 10.1. The van der Waals surface area contributed by atoms with Gasteiger partial charge in [-0.3, -0.25) is 4.99 Å². The first-order valence-corrected chi connectivity index (χ1v) is 7.97. The van der Waals surface area contributed by atoms with Crippen molar-refractivity contribution in [1.82, 2.24) is 5.32 Å². The third-order valence-electron chi connectivity index (χ3n) is 2.46. The molecule has 0 fully saturated rings. The monoisotopic (exact) mass is 454 g/mol. The van der Waals surface area contributed by atoms with Crippen LogP contribution in [0.5, 0.6) is 0 Å². The molecule has 0 heterocycles. The minimum absolute atomic E-state index is 0. The molecule has 0 saturated carbocycles. The lowest BCUT2D eigenvalue weighted by Gasteiger charge is -2.10. The molecule has 0 aliphatic heterocycles. The number of aliphatic imine (C=N–C) groups is 1. The van der Waals surface area contributed by atoms with E-state index < -0.39 is 0 Å². The van der Waals surface area contributed by atoms with Gasteiger partial charge in [0.1, 0.15) is 5.84 Å². The van der Waals surface area contributed by atoms with Gasteiger partial charge in [-0.25, -0.2) is 0 Å². The van der Waals surface area contributed by atoms with Gasteiger partial charge in [0.2, 0.25) is 0 Å². The third-order valence-corrected chi connectivity index (χ3v) is 4.34. The van der Waals surface area contributed by atoms with Gasteiger partial charge in [0.15, 0.2) is 0 Å². The van der Waals surface area contributed by atoms with E-state index in [0.717, 1.165) is 47.1 Å². The zero-order valence-corrected chi connectivity index (χ0v) is 16.3. The number of hydrogen-bond donors (Lipinski definition) is 1. The number of nitrogens with one attached hydrogen (secondary N) is 1. The molecule has 1 rings (SSSR count). The largest absolute Gasteiger partial charge is 0.374 e. The minimum atomic E-state index is 0.